The van der Waals surface area contributed by atoms with Gasteiger partial charge in [0, 0.05) is 0 Å². The van der Waals surface area contributed by atoms with Crippen molar-refractivity contribution in [3.63, 3.8) is 0 Å². The van der Waals surface area contributed by atoms with Crippen molar-refractivity contribution in [1.82, 2.24) is 4.90 Å². The Bertz CT molecular complexity index is 143. The van der Waals surface area contributed by atoms with Gasteiger partial charge in [0.2, 0.25) is 0 Å². The molecule has 0 fully saturated rings. The fourth-order valence-electron chi connectivity index (χ4n) is 2.37. The van der Waals surface area contributed by atoms with E-state index in [1.807, 2.05) is 0 Å². The quantitative estimate of drug-likeness (QED) is 0.372. The average Bonchev–Trinajstić information content (AvgIpc) is 2.34. The fraction of sp³-hybridized carbons (Fsp3) is 0.941. The summed E-state index contributed by atoms with van der Waals surface area (Å²) in [4.78, 5) is 2.29. The molecule has 1 heteroatoms. The van der Waals surface area contributed by atoms with E-state index in [0.717, 1.165) is 6.42 Å². The standard InChI is InChI=1S/C17H36N/c1-4-5-6-7-8-9-10-11-12-13-14-15-16-17-18(2)3/h1,4-17H2,2-3H3. The minimum Gasteiger partial charge on any atom is -0.309 e. The Kier molecular flexibility index (Phi) is 15.0. The lowest BCUT2D eigenvalue weighted by molar-refractivity contribution is 0.389. The van der Waals surface area contributed by atoms with Gasteiger partial charge in [-0.15, -0.1) is 0 Å². The first-order valence-electron chi connectivity index (χ1n) is 8.21. The summed E-state index contributed by atoms with van der Waals surface area (Å²) in [5, 5.41) is 0. The minimum atomic E-state index is 1.12. The van der Waals surface area contributed by atoms with Crippen LogP contribution in [-0.2, 0) is 0 Å². The van der Waals surface area contributed by atoms with Gasteiger partial charge in [-0.3, -0.25) is 0 Å². The second kappa shape index (κ2) is 15.0. The van der Waals surface area contributed by atoms with Crippen LogP contribution in [0.4, 0.5) is 0 Å². The highest BCUT2D eigenvalue weighted by Gasteiger charge is 1.94. The zero-order valence-electron chi connectivity index (χ0n) is 13.1. The predicted octanol–water partition coefficient (Wildman–Crippen LogP) is 5.45. The first kappa shape index (κ1) is 18.0. The van der Waals surface area contributed by atoms with Crippen molar-refractivity contribution in [3.05, 3.63) is 6.92 Å². The molecule has 0 unspecified atom stereocenters. The van der Waals surface area contributed by atoms with Crippen molar-refractivity contribution in [3.8, 4) is 0 Å². The maximum Gasteiger partial charge on any atom is -0.00248 e. The lowest BCUT2D eigenvalue weighted by atomic mass is 10.0. The minimum absolute atomic E-state index is 1.12. The van der Waals surface area contributed by atoms with E-state index >= 15 is 0 Å². The van der Waals surface area contributed by atoms with E-state index in [4.69, 9.17) is 0 Å². The lowest BCUT2D eigenvalue weighted by Crippen LogP contribution is -2.12. The largest absolute Gasteiger partial charge is 0.309 e. The molecule has 0 spiro atoms. The zero-order valence-corrected chi connectivity index (χ0v) is 13.1. The van der Waals surface area contributed by atoms with Crippen LogP contribution in [0, 0.1) is 6.92 Å². The Labute approximate surface area is 116 Å². The van der Waals surface area contributed by atoms with Crippen LogP contribution in [0.15, 0.2) is 0 Å². The van der Waals surface area contributed by atoms with Crippen LogP contribution in [0.1, 0.15) is 83.5 Å². The highest BCUT2D eigenvalue weighted by Crippen LogP contribution is 2.12. The molecule has 0 aliphatic carbocycles. The maximum absolute atomic E-state index is 3.88. The second-order valence-electron chi connectivity index (χ2n) is 5.90. The van der Waals surface area contributed by atoms with E-state index in [0.29, 0.717) is 0 Å². The highest BCUT2D eigenvalue weighted by atomic mass is 15.0. The Hall–Kier alpha value is -0.0400. The molecule has 0 saturated heterocycles. The number of nitrogens with zero attached hydrogens (tertiary/aromatic N) is 1. The van der Waals surface area contributed by atoms with Crippen molar-refractivity contribution >= 4 is 0 Å². The van der Waals surface area contributed by atoms with E-state index in [1.54, 1.807) is 0 Å². The molecule has 0 N–H and O–H groups in total. The van der Waals surface area contributed by atoms with Crippen LogP contribution in [0.25, 0.3) is 0 Å². The normalized spacial score (nSPS) is 11.3. The van der Waals surface area contributed by atoms with E-state index in [1.165, 1.54) is 83.6 Å². The van der Waals surface area contributed by atoms with Crippen molar-refractivity contribution < 1.29 is 0 Å². The van der Waals surface area contributed by atoms with Gasteiger partial charge in [0.1, 0.15) is 0 Å². The summed E-state index contributed by atoms with van der Waals surface area (Å²) in [7, 11) is 4.33. The first-order valence-corrected chi connectivity index (χ1v) is 8.21. The van der Waals surface area contributed by atoms with Crippen LogP contribution in [0.2, 0.25) is 0 Å². The number of unbranched alkanes of at least 4 members (excludes halogenated alkanes) is 12. The number of hydrogen-bond donors (Lipinski definition) is 0. The molecule has 18 heavy (non-hydrogen) atoms. The van der Waals surface area contributed by atoms with Gasteiger partial charge in [-0.2, -0.15) is 0 Å². The zero-order chi connectivity index (χ0) is 13.5. The fourth-order valence-corrected chi connectivity index (χ4v) is 2.37. The van der Waals surface area contributed by atoms with Gasteiger partial charge in [-0.1, -0.05) is 84.0 Å². The van der Waals surface area contributed by atoms with Crippen LogP contribution < -0.4 is 0 Å². The second-order valence-corrected chi connectivity index (χ2v) is 5.90. The van der Waals surface area contributed by atoms with Gasteiger partial charge in [0.05, 0.1) is 0 Å². The van der Waals surface area contributed by atoms with Crippen molar-refractivity contribution in [2.24, 2.45) is 0 Å². The highest BCUT2D eigenvalue weighted by molar-refractivity contribution is 4.50. The molecule has 1 radical (unpaired) electrons. The molecule has 1 nitrogen and oxygen atoms in total. The molecule has 0 aromatic carbocycles. The molecule has 0 heterocycles. The van der Waals surface area contributed by atoms with E-state index in [2.05, 4.69) is 25.9 Å². The smallest absolute Gasteiger partial charge is 0.00248 e. The van der Waals surface area contributed by atoms with Crippen LogP contribution in [0.3, 0.4) is 0 Å². The van der Waals surface area contributed by atoms with Gasteiger partial charge in [0.15, 0.2) is 0 Å². The first-order chi connectivity index (χ1) is 8.77. The Morgan fingerprint density at radius 3 is 1.22 bits per heavy atom. The van der Waals surface area contributed by atoms with Crippen LogP contribution in [-0.4, -0.2) is 25.5 Å². The third-order valence-electron chi connectivity index (χ3n) is 3.61. The molecular formula is C17H36N. The summed E-state index contributed by atoms with van der Waals surface area (Å²) in [6.07, 6.45) is 18.2. The van der Waals surface area contributed by atoms with E-state index in [9.17, 15) is 0 Å². The molecule has 0 bridgehead atoms. The predicted molar refractivity (Wildman–Crippen MR) is 83.9 cm³/mol. The van der Waals surface area contributed by atoms with E-state index in [-0.39, 0.29) is 0 Å². The van der Waals surface area contributed by atoms with Crippen LogP contribution >= 0.6 is 0 Å². The van der Waals surface area contributed by atoms with Crippen molar-refractivity contribution in [1.29, 1.82) is 0 Å². The number of hydrogen-bond acceptors (Lipinski definition) is 1. The third-order valence-corrected chi connectivity index (χ3v) is 3.61. The molecule has 0 rings (SSSR count). The summed E-state index contributed by atoms with van der Waals surface area (Å²) in [5.41, 5.74) is 0. The van der Waals surface area contributed by atoms with Crippen molar-refractivity contribution in [2.45, 2.75) is 83.5 Å². The Balaban J connectivity index is 2.90. The summed E-state index contributed by atoms with van der Waals surface area (Å²) in [5.74, 6) is 0. The van der Waals surface area contributed by atoms with Gasteiger partial charge >= 0.3 is 0 Å². The monoisotopic (exact) mass is 254 g/mol. The Morgan fingerprint density at radius 2 is 0.889 bits per heavy atom. The van der Waals surface area contributed by atoms with E-state index < -0.39 is 0 Å². The molecule has 0 atom stereocenters. The third kappa shape index (κ3) is 16.0. The molecule has 0 aromatic rings. The molecule has 0 aliphatic rings. The SMILES string of the molecule is [CH2]CCCCCCCCCCCCCCN(C)C. The number of rotatable bonds is 14. The molecule has 0 saturated carbocycles. The summed E-state index contributed by atoms with van der Waals surface area (Å²) in [6.45, 7) is 5.14. The van der Waals surface area contributed by atoms with Crippen LogP contribution in [0.5, 0.6) is 0 Å². The summed E-state index contributed by atoms with van der Waals surface area (Å²) < 4.78 is 0. The Morgan fingerprint density at radius 1 is 0.556 bits per heavy atom. The maximum atomic E-state index is 3.88. The molecule has 0 aliphatic heterocycles. The van der Waals surface area contributed by atoms with Gasteiger partial charge in [0.25, 0.3) is 0 Å². The summed E-state index contributed by atoms with van der Waals surface area (Å²) in [6, 6.07) is 0. The topological polar surface area (TPSA) is 3.24 Å². The lowest BCUT2D eigenvalue weighted by Gasteiger charge is -2.08. The molecular weight excluding hydrogens is 218 g/mol. The molecule has 0 amide bonds. The summed E-state index contributed by atoms with van der Waals surface area (Å²) >= 11 is 0. The average molecular weight is 254 g/mol. The van der Waals surface area contributed by atoms with Gasteiger partial charge in [-0.25, -0.2) is 0 Å². The van der Waals surface area contributed by atoms with Gasteiger partial charge < -0.3 is 4.90 Å². The molecule has 0 aromatic heterocycles. The van der Waals surface area contributed by atoms with Crippen molar-refractivity contribution in [2.75, 3.05) is 20.6 Å². The van der Waals surface area contributed by atoms with Gasteiger partial charge in [-0.05, 0) is 27.1 Å². The molecule has 109 valence electrons.